The van der Waals surface area contributed by atoms with Crippen LogP contribution in [0, 0.1) is 0 Å². The van der Waals surface area contributed by atoms with E-state index in [4.69, 9.17) is 11.6 Å². The van der Waals surface area contributed by atoms with Crippen LogP contribution < -0.4 is 5.69 Å². The predicted molar refractivity (Wildman–Crippen MR) is 54.5 cm³/mol. The molecule has 0 aromatic carbocycles. The summed E-state index contributed by atoms with van der Waals surface area (Å²) in [5.41, 5.74) is -0.165. The van der Waals surface area contributed by atoms with Crippen molar-refractivity contribution in [3.8, 4) is 0 Å². The highest BCUT2D eigenvalue weighted by Gasteiger charge is 2.04. The van der Waals surface area contributed by atoms with Crippen LogP contribution in [0.1, 0.15) is 26.2 Å². The second kappa shape index (κ2) is 5.80. The summed E-state index contributed by atoms with van der Waals surface area (Å²) < 4.78 is 2.68. The predicted octanol–water partition coefficient (Wildman–Crippen LogP) is 0.869. The van der Waals surface area contributed by atoms with Crippen molar-refractivity contribution in [2.45, 2.75) is 39.3 Å². The molecule has 0 amide bonds. The zero-order chi connectivity index (χ0) is 10.4. The van der Waals surface area contributed by atoms with Crippen molar-refractivity contribution in [2.75, 3.05) is 5.88 Å². The van der Waals surface area contributed by atoms with Gasteiger partial charge in [-0.05, 0) is 16.8 Å². The van der Waals surface area contributed by atoms with Crippen LogP contribution in [0.3, 0.4) is 0 Å². The van der Waals surface area contributed by atoms with Crippen molar-refractivity contribution >= 4 is 11.6 Å². The molecule has 0 aliphatic rings. The minimum absolute atomic E-state index is 0.165. The Bertz CT molecular complexity index is 319. The van der Waals surface area contributed by atoms with Crippen LogP contribution in [0.25, 0.3) is 0 Å². The summed E-state index contributed by atoms with van der Waals surface area (Å²) in [6.45, 7) is 3.19. The highest BCUT2D eigenvalue weighted by atomic mass is 35.5. The minimum Gasteiger partial charge on any atom is -0.244 e. The summed E-state index contributed by atoms with van der Waals surface area (Å²) in [5.74, 6) is 0.383. The van der Waals surface area contributed by atoms with E-state index in [9.17, 15) is 4.79 Å². The lowest BCUT2D eigenvalue weighted by Gasteiger charge is -1.96. The second-order valence-electron chi connectivity index (χ2n) is 3.10. The molecule has 0 spiro atoms. The van der Waals surface area contributed by atoms with Gasteiger partial charge in [-0.15, -0.1) is 11.6 Å². The molecule has 14 heavy (non-hydrogen) atoms. The largest absolute Gasteiger partial charge is 0.363 e. The molecule has 0 aliphatic carbocycles. The summed E-state index contributed by atoms with van der Waals surface area (Å²) in [6, 6.07) is 0. The number of aryl methyl sites for hydroxylation is 2. The summed E-state index contributed by atoms with van der Waals surface area (Å²) in [4.78, 5) is 11.5. The molecule has 1 aromatic rings. The van der Waals surface area contributed by atoms with E-state index in [1.807, 2.05) is 0 Å². The Morgan fingerprint density at radius 1 is 1.21 bits per heavy atom. The Morgan fingerprint density at radius 2 is 1.86 bits per heavy atom. The molecule has 0 bridgehead atoms. The van der Waals surface area contributed by atoms with Crippen molar-refractivity contribution < 1.29 is 0 Å². The molecule has 0 saturated heterocycles. The van der Waals surface area contributed by atoms with Crippen molar-refractivity contribution in [1.29, 1.82) is 0 Å². The van der Waals surface area contributed by atoms with Gasteiger partial charge in [0.25, 0.3) is 0 Å². The Labute approximate surface area is 87.6 Å². The second-order valence-corrected chi connectivity index (χ2v) is 3.48. The molecular weight excluding hydrogens is 204 g/mol. The highest BCUT2D eigenvalue weighted by Crippen LogP contribution is 1.94. The standard InChI is InChI=1S/C8H15ClN4O/c1-2-3-4-6-12-8(14)13(7-5-9)11-10-12/h2-7H2,1H3. The topological polar surface area (TPSA) is 52.7 Å². The molecule has 0 fully saturated rings. The zero-order valence-corrected chi connectivity index (χ0v) is 9.07. The number of rotatable bonds is 6. The molecule has 80 valence electrons. The lowest BCUT2D eigenvalue weighted by Crippen LogP contribution is -2.26. The molecule has 0 saturated carbocycles. The van der Waals surface area contributed by atoms with E-state index in [0.29, 0.717) is 19.0 Å². The maximum atomic E-state index is 11.5. The molecule has 5 nitrogen and oxygen atoms in total. The van der Waals surface area contributed by atoms with Crippen LogP contribution in [0.15, 0.2) is 4.79 Å². The maximum Gasteiger partial charge on any atom is 0.363 e. The minimum atomic E-state index is -0.165. The smallest absolute Gasteiger partial charge is 0.244 e. The van der Waals surface area contributed by atoms with E-state index in [1.54, 1.807) is 0 Å². The van der Waals surface area contributed by atoms with Crippen LogP contribution in [0.5, 0.6) is 0 Å². The molecule has 0 atom stereocenters. The Hall–Kier alpha value is -0.840. The SMILES string of the molecule is CCCCCn1nnn(CCCl)c1=O. The van der Waals surface area contributed by atoms with Gasteiger partial charge in [0, 0.05) is 12.4 Å². The Balaban J connectivity index is 2.56. The van der Waals surface area contributed by atoms with Crippen LogP contribution in [0.4, 0.5) is 0 Å². The van der Waals surface area contributed by atoms with Gasteiger partial charge in [-0.3, -0.25) is 0 Å². The number of aromatic nitrogens is 4. The molecule has 0 radical (unpaired) electrons. The molecule has 0 aliphatic heterocycles. The van der Waals surface area contributed by atoms with Gasteiger partial charge >= 0.3 is 5.69 Å². The number of unbranched alkanes of at least 4 members (excludes halogenated alkanes) is 2. The average molecular weight is 219 g/mol. The number of nitrogens with zero attached hydrogens (tertiary/aromatic N) is 4. The third-order valence-electron chi connectivity index (χ3n) is 1.97. The number of hydrogen-bond acceptors (Lipinski definition) is 3. The van der Waals surface area contributed by atoms with Gasteiger partial charge in [-0.2, -0.15) is 9.36 Å². The van der Waals surface area contributed by atoms with Crippen molar-refractivity contribution in [2.24, 2.45) is 0 Å². The maximum absolute atomic E-state index is 11.5. The molecule has 1 aromatic heterocycles. The van der Waals surface area contributed by atoms with E-state index >= 15 is 0 Å². The number of tetrazole rings is 1. The summed E-state index contributed by atoms with van der Waals surface area (Å²) >= 11 is 5.51. The molecular formula is C8H15ClN4O. The third kappa shape index (κ3) is 2.83. The van der Waals surface area contributed by atoms with E-state index in [0.717, 1.165) is 19.3 Å². The van der Waals surface area contributed by atoms with Crippen LogP contribution in [0.2, 0.25) is 0 Å². The zero-order valence-electron chi connectivity index (χ0n) is 8.32. The molecule has 1 rings (SSSR count). The Morgan fingerprint density at radius 3 is 2.43 bits per heavy atom. The van der Waals surface area contributed by atoms with Crippen molar-refractivity contribution in [3.05, 3.63) is 10.5 Å². The monoisotopic (exact) mass is 218 g/mol. The van der Waals surface area contributed by atoms with Crippen molar-refractivity contribution in [1.82, 2.24) is 19.8 Å². The van der Waals surface area contributed by atoms with Gasteiger partial charge in [-0.25, -0.2) is 4.79 Å². The first-order valence-electron chi connectivity index (χ1n) is 4.86. The molecule has 6 heteroatoms. The summed E-state index contributed by atoms with van der Waals surface area (Å²) in [6.07, 6.45) is 3.20. The summed E-state index contributed by atoms with van der Waals surface area (Å²) in [7, 11) is 0. The van der Waals surface area contributed by atoms with E-state index in [2.05, 4.69) is 17.4 Å². The van der Waals surface area contributed by atoms with Gasteiger partial charge in [0.1, 0.15) is 0 Å². The van der Waals surface area contributed by atoms with Gasteiger partial charge in [0.05, 0.1) is 6.54 Å². The van der Waals surface area contributed by atoms with Crippen LogP contribution in [-0.4, -0.2) is 25.7 Å². The van der Waals surface area contributed by atoms with Gasteiger partial charge in [-0.1, -0.05) is 19.8 Å². The first kappa shape index (κ1) is 11.2. The third-order valence-corrected chi connectivity index (χ3v) is 2.14. The van der Waals surface area contributed by atoms with Crippen molar-refractivity contribution in [3.63, 3.8) is 0 Å². The lowest BCUT2D eigenvalue weighted by atomic mass is 10.2. The normalized spacial score (nSPS) is 10.7. The lowest BCUT2D eigenvalue weighted by molar-refractivity contribution is 0.525. The number of hydrogen-bond donors (Lipinski definition) is 0. The van der Waals surface area contributed by atoms with Crippen LogP contribution in [-0.2, 0) is 13.1 Å². The van der Waals surface area contributed by atoms with Gasteiger partial charge < -0.3 is 0 Å². The van der Waals surface area contributed by atoms with Gasteiger partial charge in [0.2, 0.25) is 0 Å². The fourth-order valence-electron chi connectivity index (χ4n) is 1.18. The summed E-state index contributed by atoms with van der Waals surface area (Å²) in [5, 5.41) is 7.48. The first-order valence-corrected chi connectivity index (χ1v) is 5.39. The van der Waals surface area contributed by atoms with E-state index < -0.39 is 0 Å². The average Bonchev–Trinajstić information content (AvgIpc) is 2.51. The van der Waals surface area contributed by atoms with Crippen LogP contribution >= 0.6 is 11.6 Å². The Kier molecular flexibility index (Phi) is 4.65. The van der Waals surface area contributed by atoms with E-state index in [1.165, 1.54) is 9.36 Å². The van der Waals surface area contributed by atoms with E-state index in [-0.39, 0.29) is 5.69 Å². The number of alkyl halides is 1. The fraction of sp³-hybridized carbons (Fsp3) is 0.875. The molecule has 1 heterocycles. The molecule has 0 unspecified atom stereocenters. The highest BCUT2D eigenvalue weighted by molar-refractivity contribution is 6.17. The number of halogens is 1. The first-order chi connectivity index (χ1) is 6.79. The quantitative estimate of drug-likeness (QED) is 0.526. The van der Waals surface area contributed by atoms with Gasteiger partial charge in [0.15, 0.2) is 0 Å². The fourth-order valence-corrected chi connectivity index (χ4v) is 1.34. The molecule has 0 N–H and O–H groups in total.